The van der Waals surface area contributed by atoms with Gasteiger partial charge in [-0.25, -0.2) is 21.6 Å². The molecule has 0 radical (unpaired) electrons. The molecule has 172 valence electrons. The van der Waals surface area contributed by atoms with Crippen molar-refractivity contribution >= 4 is 37.3 Å². The van der Waals surface area contributed by atoms with E-state index in [0.717, 1.165) is 12.8 Å². The summed E-state index contributed by atoms with van der Waals surface area (Å²) in [5, 5.41) is 12.7. The number of benzene rings is 2. The van der Waals surface area contributed by atoms with Crippen LogP contribution in [0.2, 0.25) is 0 Å². The summed E-state index contributed by atoms with van der Waals surface area (Å²) in [6, 6.07) is 7.97. The van der Waals surface area contributed by atoms with Crippen LogP contribution < -0.4 is 19.1 Å². The smallest absolute Gasteiger partial charge is 0.255 e. The van der Waals surface area contributed by atoms with E-state index in [4.69, 9.17) is 4.74 Å². The third kappa shape index (κ3) is 4.52. The quantitative estimate of drug-likeness (QED) is 0.510. The number of carbonyl (C=O) groups is 1. The Balaban J connectivity index is 1.62. The molecule has 1 saturated carbocycles. The second-order valence-corrected chi connectivity index (χ2v) is 11.4. The van der Waals surface area contributed by atoms with Crippen LogP contribution in [0.25, 0.3) is 0 Å². The molecule has 32 heavy (non-hydrogen) atoms. The first-order chi connectivity index (χ1) is 15.1. The lowest BCUT2D eigenvalue weighted by atomic mass is 10.2. The van der Waals surface area contributed by atoms with E-state index in [1.165, 1.54) is 47.8 Å². The maximum atomic E-state index is 12.8. The average Bonchev–Trinajstić information content (AvgIpc) is 3.48. The van der Waals surface area contributed by atoms with Crippen molar-refractivity contribution in [2.24, 2.45) is 0 Å². The van der Waals surface area contributed by atoms with Gasteiger partial charge in [0.15, 0.2) is 0 Å². The van der Waals surface area contributed by atoms with E-state index < -0.39 is 26.0 Å². The Morgan fingerprint density at radius 1 is 1.19 bits per heavy atom. The molecule has 0 spiro atoms. The minimum Gasteiger partial charge on any atom is -0.506 e. The number of carbonyl (C=O) groups excluding carboxylic acids is 1. The number of phenolic OH excluding ortho intramolecular Hbond substituents is 1. The number of phenols is 1. The monoisotopic (exact) mass is 481 g/mol. The number of ether oxygens (including phenoxy) is 1. The fourth-order valence-corrected chi connectivity index (χ4v) is 6.47. The molecule has 12 heteroatoms. The van der Waals surface area contributed by atoms with Crippen molar-refractivity contribution in [1.82, 2.24) is 4.72 Å². The highest BCUT2D eigenvalue weighted by molar-refractivity contribution is 7.93. The molecule has 2 aliphatic rings. The number of nitrogens with zero attached hydrogens (tertiary/aromatic N) is 1. The highest BCUT2D eigenvalue weighted by atomic mass is 32.2. The number of aromatic hydroxyl groups is 1. The third-order valence-electron chi connectivity index (χ3n) is 5.23. The maximum absolute atomic E-state index is 12.8. The van der Waals surface area contributed by atoms with Gasteiger partial charge >= 0.3 is 0 Å². The molecule has 1 heterocycles. The van der Waals surface area contributed by atoms with Crippen molar-refractivity contribution in [2.75, 3.05) is 29.0 Å². The summed E-state index contributed by atoms with van der Waals surface area (Å²) < 4.78 is 58.6. The summed E-state index contributed by atoms with van der Waals surface area (Å²) in [5.74, 6) is -0.797. The summed E-state index contributed by atoms with van der Waals surface area (Å²) in [7, 11) is -5.98. The molecule has 0 bridgehead atoms. The first-order valence-electron chi connectivity index (χ1n) is 9.96. The Morgan fingerprint density at radius 3 is 2.56 bits per heavy atom. The molecule has 0 aromatic heterocycles. The Kier molecular flexibility index (Phi) is 5.77. The van der Waals surface area contributed by atoms with Gasteiger partial charge in [0.25, 0.3) is 5.91 Å². The Bertz CT molecular complexity index is 1270. The van der Waals surface area contributed by atoms with Crippen LogP contribution in [0.1, 0.15) is 29.6 Å². The SMILES string of the molecule is COc1ccc(C(=O)Nc2cc(N3CCCS3(=O)=O)ccc2O)cc1S(=O)(=O)NC1CC1. The van der Waals surface area contributed by atoms with Crippen molar-refractivity contribution in [2.45, 2.75) is 30.2 Å². The molecule has 2 aromatic carbocycles. The van der Waals surface area contributed by atoms with Gasteiger partial charge in [-0.05, 0) is 55.7 Å². The number of hydrogen-bond acceptors (Lipinski definition) is 7. The number of amides is 1. The van der Waals surface area contributed by atoms with Gasteiger partial charge in [0.2, 0.25) is 20.0 Å². The van der Waals surface area contributed by atoms with Crippen LogP contribution in [0.3, 0.4) is 0 Å². The molecule has 0 unspecified atom stereocenters. The van der Waals surface area contributed by atoms with E-state index in [2.05, 4.69) is 10.0 Å². The lowest BCUT2D eigenvalue weighted by Crippen LogP contribution is -2.26. The van der Waals surface area contributed by atoms with Gasteiger partial charge in [-0.3, -0.25) is 9.10 Å². The van der Waals surface area contributed by atoms with Crippen molar-refractivity contribution in [3.8, 4) is 11.5 Å². The zero-order chi connectivity index (χ0) is 23.1. The average molecular weight is 482 g/mol. The van der Waals surface area contributed by atoms with Crippen LogP contribution in [0.4, 0.5) is 11.4 Å². The predicted molar refractivity (Wildman–Crippen MR) is 118 cm³/mol. The standard InChI is InChI=1S/C20H23N3O7S2/c1-30-18-8-3-13(11-19(18)32(28,29)22-14-4-5-14)20(25)21-16-12-15(6-7-17(16)24)23-9-2-10-31(23,26)27/h3,6-8,11-12,14,22,24H,2,4-5,9-10H2,1H3,(H,21,25). The van der Waals surface area contributed by atoms with Crippen molar-refractivity contribution in [3.05, 3.63) is 42.0 Å². The molecule has 1 aliphatic heterocycles. The fraction of sp³-hybridized carbons (Fsp3) is 0.350. The molecular weight excluding hydrogens is 458 g/mol. The molecule has 0 atom stereocenters. The molecule has 4 rings (SSSR count). The van der Waals surface area contributed by atoms with Gasteiger partial charge in [0.1, 0.15) is 16.4 Å². The normalized spacial score (nSPS) is 17.8. The van der Waals surface area contributed by atoms with Gasteiger partial charge in [-0.1, -0.05) is 0 Å². The maximum Gasteiger partial charge on any atom is 0.255 e. The lowest BCUT2D eigenvalue weighted by molar-refractivity contribution is 0.102. The zero-order valence-corrected chi connectivity index (χ0v) is 18.9. The molecule has 10 nitrogen and oxygen atoms in total. The number of anilines is 2. The largest absolute Gasteiger partial charge is 0.506 e. The predicted octanol–water partition coefficient (Wildman–Crippen LogP) is 1.63. The molecular formula is C20H23N3O7S2. The Labute approximate surface area is 186 Å². The lowest BCUT2D eigenvalue weighted by Gasteiger charge is -2.18. The molecule has 2 fully saturated rings. The Hall–Kier alpha value is -2.83. The van der Waals surface area contributed by atoms with Crippen LogP contribution in [0.5, 0.6) is 11.5 Å². The van der Waals surface area contributed by atoms with Gasteiger partial charge in [-0.15, -0.1) is 0 Å². The van der Waals surface area contributed by atoms with Crippen LogP contribution >= 0.6 is 0 Å². The van der Waals surface area contributed by atoms with Gasteiger partial charge < -0.3 is 15.2 Å². The summed E-state index contributed by atoms with van der Waals surface area (Å²) in [5.41, 5.74) is 0.355. The third-order valence-corrected chi connectivity index (χ3v) is 8.64. The summed E-state index contributed by atoms with van der Waals surface area (Å²) in [4.78, 5) is 12.7. The van der Waals surface area contributed by atoms with Crippen LogP contribution in [0.15, 0.2) is 41.3 Å². The minimum absolute atomic E-state index is 0.00549. The number of nitrogens with one attached hydrogen (secondary N) is 2. The topological polar surface area (TPSA) is 142 Å². The van der Waals surface area contributed by atoms with Crippen molar-refractivity contribution in [3.63, 3.8) is 0 Å². The summed E-state index contributed by atoms with van der Waals surface area (Å²) in [6.07, 6.45) is 2.00. The van der Waals surface area contributed by atoms with E-state index in [-0.39, 0.29) is 39.4 Å². The Morgan fingerprint density at radius 2 is 1.94 bits per heavy atom. The summed E-state index contributed by atoms with van der Waals surface area (Å²) in [6.45, 7) is 0.314. The minimum atomic E-state index is -3.89. The molecule has 1 saturated heterocycles. The zero-order valence-electron chi connectivity index (χ0n) is 17.2. The van der Waals surface area contributed by atoms with Crippen LogP contribution in [0, 0.1) is 0 Å². The first-order valence-corrected chi connectivity index (χ1v) is 13.0. The second-order valence-electron chi connectivity index (χ2n) is 7.66. The van der Waals surface area contributed by atoms with Gasteiger partial charge in [0, 0.05) is 18.2 Å². The van der Waals surface area contributed by atoms with E-state index in [0.29, 0.717) is 18.7 Å². The first kappa shape index (κ1) is 22.4. The van der Waals surface area contributed by atoms with Gasteiger partial charge in [-0.2, -0.15) is 0 Å². The molecule has 1 aliphatic carbocycles. The number of sulfonamides is 2. The molecule has 2 aromatic rings. The fourth-order valence-electron chi connectivity index (χ4n) is 3.42. The van der Waals surface area contributed by atoms with Crippen molar-refractivity contribution < 1.29 is 31.5 Å². The van der Waals surface area contributed by atoms with E-state index >= 15 is 0 Å². The number of methoxy groups -OCH3 is 1. The van der Waals surface area contributed by atoms with Crippen LogP contribution in [-0.2, 0) is 20.0 Å². The molecule has 3 N–H and O–H groups in total. The second kappa shape index (κ2) is 8.26. The highest BCUT2D eigenvalue weighted by Gasteiger charge is 2.31. The summed E-state index contributed by atoms with van der Waals surface area (Å²) >= 11 is 0. The number of rotatable bonds is 7. The molecule has 1 amide bonds. The van der Waals surface area contributed by atoms with E-state index in [9.17, 15) is 26.7 Å². The highest BCUT2D eigenvalue weighted by Crippen LogP contribution is 2.33. The van der Waals surface area contributed by atoms with Crippen LogP contribution in [-0.4, -0.2) is 53.3 Å². The van der Waals surface area contributed by atoms with Crippen molar-refractivity contribution in [1.29, 1.82) is 0 Å². The van der Waals surface area contributed by atoms with E-state index in [1.807, 2.05) is 0 Å². The number of hydrogen-bond donors (Lipinski definition) is 3. The van der Waals surface area contributed by atoms with Gasteiger partial charge in [0.05, 0.1) is 24.2 Å². The van der Waals surface area contributed by atoms with E-state index in [1.54, 1.807) is 0 Å².